The van der Waals surface area contributed by atoms with Gasteiger partial charge in [0.1, 0.15) is 30.2 Å². The number of benzene rings is 1. The van der Waals surface area contributed by atoms with Crippen LogP contribution in [0.2, 0.25) is 0 Å². The van der Waals surface area contributed by atoms with Gasteiger partial charge in [-0.05, 0) is 29.8 Å². The molecular weight excluding hydrogens is 360 g/mol. The summed E-state index contributed by atoms with van der Waals surface area (Å²) >= 11 is 0. The normalized spacial score (nSPS) is 22.6. The van der Waals surface area contributed by atoms with Crippen molar-refractivity contribution >= 4 is 11.6 Å². The lowest BCUT2D eigenvalue weighted by atomic mass is 10.0. The fourth-order valence-electron chi connectivity index (χ4n) is 3.55. The third-order valence-corrected chi connectivity index (χ3v) is 4.92. The van der Waals surface area contributed by atoms with Crippen LogP contribution < -0.4 is 15.0 Å². The summed E-state index contributed by atoms with van der Waals surface area (Å²) in [5, 5.41) is 11.7. The monoisotopic (exact) mass is 380 g/mol. The van der Waals surface area contributed by atoms with Crippen molar-refractivity contribution in [3.63, 3.8) is 0 Å². The maximum absolute atomic E-state index is 11.3. The molecule has 1 saturated heterocycles. The van der Waals surface area contributed by atoms with Crippen molar-refractivity contribution in [2.45, 2.75) is 25.5 Å². The number of hydrogen-bond donors (Lipinski definition) is 1. The Labute approximate surface area is 162 Å². The summed E-state index contributed by atoms with van der Waals surface area (Å²) < 4.78 is 17.5. The molecule has 2 aromatic rings. The molecule has 0 saturated carbocycles. The van der Waals surface area contributed by atoms with Gasteiger partial charge in [0, 0.05) is 32.3 Å². The van der Waals surface area contributed by atoms with Gasteiger partial charge in [0.15, 0.2) is 0 Å². The van der Waals surface area contributed by atoms with E-state index >= 15 is 0 Å². The van der Waals surface area contributed by atoms with E-state index < -0.39 is 6.41 Å². The number of anilines is 1. The summed E-state index contributed by atoms with van der Waals surface area (Å²) in [6.45, 7) is 2.29. The zero-order valence-corrected chi connectivity index (χ0v) is 15.6. The number of pyridine rings is 1. The van der Waals surface area contributed by atoms with E-state index in [0.717, 1.165) is 22.6 Å². The van der Waals surface area contributed by atoms with Crippen molar-refractivity contribution < 1.29 is 19.0 Å². The SMILES string of the molecule is COC1O[C@@H](CNC(C)=O)[C@@H]2COc3cc(-c4ccc(C#N)nc4)ccc3N12. The van der Waals surface area contributed by atoms with E-state index in [1.165, 1.54) is 6.92 Å². The number of aromatic nitrogens is 1. The highest BCUT2D eigenvalue weighted by Gasteiger charge is 2.46. The van der Waals surface area contributed by atoms with Gasteiger partial charge in [0.2, 0.25) is 12.3 Å². The molecule has 144 valence electrons. The van der Waals surface area contributed by atoms with Gasteiger partial charge in [0.05, 0.1) is 11.7 Å². The Bertz CT molecular complexity index is 925. The van der Waals surface area contributed by atoms with Gasteiger partial charge >= 0.3 is 0 Å². The molecule has 8 nitrogen and oxygen atoms in total. The van der Waals surface area contributed by atoms with Gasteiger partial charge in [-0.25, -0.2) is 4.98 Å². The molecule has 4 rings (SSSR count). The molecule has 1 amide bonds. The molecule has 2 aliphatic rings. The minimum absolute atomic E-state index is 0.0632. The second-order valence-corrected chi connectivity index (χ2v) is 6.67. The van der Waals surface area contributed by atoms with Crippen LogP contribution in [0.15, 0.2) is 36.5 Å². The topological polar surface area (TPSA) is 96.7 Å². The lowest BCUT2D eigenvalue weighted by molar-refractivity contribution is -0.124. The summed E-state index contributed by atoms with van der Waals surface area (Å²) in [6, 6.07) is 11.4. The lowest BCUT2D eigenvalue weighted by Gasteiger charge is -2.35. The molecule has 3 atom stereocenters. The predicted molar refractivity (Wildman–Crippen MR) is 101 cm³/mol. The summed E-state index contributed by atoms with van der Waals surface area (Å²) in [5.74, 6) is 0.623. The Kier molecular flexibility index (Phi) is 4.86. The highest BCUT2D eigenvalue weighted by atomic mass is 16.7. The number of carbonyl (C=O) groups is 1. The third-order valence-electron chi connectivity index (χ3n) is 4.92. The zero-order valence-electron chi connectivity index (χ0n) is 15.6. The predicted octanol–water partition coefficient (Wildman–Crippen LogP) is 1.65. The first-order valence-corrected chi connectivity index (χ1v) is 8.95. The molecule has 2 aliphatic heterocycles. The molecule has 8 heteroatoms. The van der Waals surface area contributed by atoms with E-state index in [-0.39, 0.29) is 18.1 Å². The van der Waals surface area contributed by atoms with Gasteiger partial charge < -0.3 is 24.4 Å². The Morgan fingerprint density at radius 1 is 1.39 bits per heavy atom. The summed E-state index contributed by atoms with van der Waals surface area (Å²) in [4.78, 5) is 17.4. The summed E-state index contributed by atoms with van der Waals surface area (Å²) in [5.41, 5.74) is 3.09. The van der Waals surface area contributed by atoms with Crippen LogP contribution in [-0.2, 0) is 14.3 Å². The zero-order chi connectivity index (χ0) is 19.7. The highest BCUT2D eigenvalue weighted by molar-refractivity contribution is 5.73. The Balaban J connectivity index is 1.61. The van der Waals surface area contributed by atoms with Gasteiger partial charge in [-0.3, -0.25) is 4.79 Å². The van der Waals surface area contributed by atoms with Crippen molar-refractivity contribution in [3.05, 3.63) is 42.2 Å². The second-order valence-electron chi connectivity index (χ2n) is 6.67. The van der Waals surface area contributed by atoms with Crippen LogP contribution in [0.5, 0.6) is 5.75 Å². The number of rotatable bonds is 4. The molecular formula is C20H20N4O4. The number of amides is 1. The molecule has 0 bridgehead atoms. The average Bonchev–Trinajstić information content (AvgIpc) is 3.10. The molecule has 1 fully saturated rings. The van der Waals surface area contributed by atoms with Crippen molar-refractivity contribution in [2.24, 2.45) is 0 Å². The Morgan fingerprint density at radius 2 is 2.21 bits per heavy atom. The van der Waals surface area contributed by atoms with Crippen LogP contribution in [0.3, 0.4) is 0 Å². The molecule has 0 radical (unpaired) electrons. The van der Waals surface area contributed by atoms with Gasteiger partial charge in [-0.1, -0.05) is 6.07 Å². The van der Waals surface area contributed by atoms with Crippen LogP contribution >= 0.6 is 0 Å². The number of methoxy groups -OCH3 is 1. The number of hydrogen-bond acceptors (Lipinski definition) is 7. The fraction of sp³-hybridized carbons (Fsp3) is 0.350. The van der Waals surface area contributed by atoms with E-state index in [0.29, 0.717) is 18.8 Å². The van der Waals surface area contributed by atoms with E-state index in [2.05, 4.69) is 10.3 Å². The van der Waals surface area contributed by atoms with Gasteiger partial charge in [0.25, 0.3) is 0 Å². The Hall–Kier alpha value is -3.15. The first-order valence-electron chi connectivity index (χ1n) is 8.95. The number of carbonyl (C=O) groups excluding carboxylic acids is 1. The first-order chi connectivity index (χ1) is 13.6. The van der Waals surface area contributed by atoms with E-state index in [1.807, 2.05) is 35.2 Å². The number of ether oxygens (including phenoxy) is 3. The standard InChI is InChI=1S/C20H20N4O4/c1-12(25)22-10-19-17-11-27-18-7-13(14-3-5-15(8-21)23-9-14)4-6-16(18)24(17)20(26-2)28-19/h3-7,9,17,19-20H,10-11H2,1-2H3,(H,22,25)/t17-,19-,20?/m0/s1. The van der Waals surface area contributed by atoms with Crippen molar-refractivity contribution in [1.29, 1.82) is 5.26 Å². The van der Waals surface area contributed by atoms with E-state index in [9.17, 15) is 4.79 Å². The molecule has 1 N–H and O–H groups in total. The first kappa shape index (κ1) is 18.2. The number of fused-ring (bicyclic) bond motifs is 3. The molecule has 1 aromatic carbocycles. The number of nitrogens with one attached hydrogen (secondary N) is 1. The molecule has 1 aromatic heterocycles. The minimum Gasteiger partial charge on any atom is -0.489 e. The largest absolute Gasteiger partial charge is 0.489 e. The molecule has 3 heterocycles. The molecule has 1 unspecified atom stereocenters. The molecule has 0 aliphatic carbocycles. The molecule has 0 spiro atoms. The van der Waals surface area contributed by atoms with E-state index in [1.54, 1.807) is 19.4 Å². The minimum atomic E-state index is -0.547. The van der Waals surface area contributed by atoms with Crippen LogP contribution in [0, 0.1) is 11.3 Å². The van der Waals surface area contributed by atoms with Crippen LogP contribution in [0.1, 0.15) is 12.6 Å². The lowest BCUT2D eigenvalue weighted by Crippen LogP contribution is -2.48. The quantitative estimate of drug-likeness (QED) is 0.861. The van der Waals surface area contributed by atoms with E-state index in [4.69, 9.17) is 19.5 Å². The third kappa shape index (κ3) is 3.26. The maximum Gasteiger partial charge on any atom is 0.241 e. The van der Waals surface area contributed by atoms with Crippen molar-refractivity contribution in [2.75, 3.05) is 25.2 Å². The average molecular weight is 380 g/mol. The van der Waals surface area contributed by atoms with Crippen molar-refractivity contribution in [1.82, 2.24) is 10.3 Å². The van der Waals surface area contributed by atoms with Gasteiger partial charge in [-0.15, -0.1) is 0 Å². The molecule has 28 heavy (non-hydrogen) atoms. The summed E-state index contributed by atoms with van der Waals surface area (Å²) in [6.07, 6.45) is 0.894. The number of nitriles is 1. The number of nitrogens with zero attached hydrogens (tertiary/aromatic N) is 3. The van der Waals surface area contributed by atoms with Crippen LogP contribution in [-0.4, -0.2) is 49.7 Å². The Morgan fingerprint density at radius 3 is 2.89 bits per heavy atom. The summed E-state index contributed by atoms with van der Waals surface area (Å²) in [7, 11) is 1.59. The smallest absolute Gasteiger partial charge is 0.241 e. The van der Waals surface area contributed by atoms with Gasteiger partial charge in [-0.2, -0.15) is 5.26 Å². The fourth-order valence-corrected chi connectivity index (χ4v) is 3.55. The van der Waals surface area contributed by atoms with Crippen LogP contribution in [0.4, 0.5) is 5.69 Å². The van der Waals surface area contributed by atoms with Crippen molar-refractivity contribution in [3.8, 4) is 22.9 Å². The maximum atomic E-state index is 11.3. The highest BCUT2D eigenvalue weighted by Crippen LogP contribution is 2.42. The van der Waals surface area contributed by atoms with Crippen LogP contribution in [0.25, 0.3) is 11.1 Å². The second kappa shape index (κ2) is 7.46.